The average molecular weight is 263 g/mol. The zero-order chi connectivity index (χ0) is 13.7. The Kier molecular flexibility index (Phi) is 4.93. The van der Waals surface area contributed by atoms with Gasteiger partial charge < -0.3 is 10.2 Å². The number of rotatable bonds is 5. The fourth-order valence-corrected chi connectivity index (χ4v) is 2.50. The van der Waals surface area contributed by atoms with Gasteiger partial charge in [0.2, 0.25) is 5.95 Å². The van der Waals surface area contributed by atoms with E-state index in [0.29, 0.717) is 12.0 Å². The predicted molar refractivity (Wildman–Crippen MR) is 78.4 cm³/mol. The highest BCUT2D eigenvalue weighted by atomic mass is 15.3. The first-order valence-corrected chi connectivity index (χ1v) is 7.41. The van der Waals surface area contributed by atoms with E-state index in [4.69, 9.17) is 0 Å². The summed E-state index contributed by atoms with van der Waals surface area (Å²) >= 11 is 0. The summed E-state index contributed by atoms with van der Waals surface area (Å²) in [7, 11) is 0. The Morgan fingerprint density at radius 2 is 2.26 bits per heavy atom. The fraction of sp³-hybridized carbons (Fsp3) is 0.786. The van der Waals surface area contributed by atoms with Crippen LogP contribution in [0.3, 0.4) is 0 Å². The van der Waals surface area contributed by atoms with Crippen LogP contribution in [0.4, 0.5) is 11.8 Å². The van der Waals surface area contributed by atoms with E-state index in [1.165, 1.54) is 19.3 Å². The lowest BCUT2D eigenvalue weighted by Gasteiger charge is -2.34. The van der Waals surface area contributed by atoms with Crippen molar-refractivity contribution in [3.05, 3.63) is 6.20 Å². The van der Waals surface area contributed by atoms with E-state index in [1.54, 1.807) is 6.20 Å². The van der Waals surface area contributed by atoms with Crippen molar-refractivity contribution in [2.45, 2.75) is 52.5 Å². The lowest BCUT2D eigenvalue weighted by Crippen LogP contribution is -2.40. The largest absolute Gasteiger partial charge is 0.368 e. The van der Waals surface area contributed by atoms with Crippen molar-refractivity contribution in [3.63, 3.8) is 0 Å². The molecule has 0 aromatic carbocycles. The quantitative estimate of drug-likeness (QED) is 0.885. The van der Waals surface area contributed by atoms with Crippen molar-refractivity contribution in [1.29, 1.82) is 0 Å². The Labute approximate surface area is 115 Å². The molecule has 5 heteroatoms. The average Bonchev–Trinajstić information content (AvgIpc) is 2.45. The van der Waals surface area contributed by atoms with Crippen molar-refractivity contribution in [1.82, 2.24) is 15.2 Å². The van der Waals surface area contributed by atoms with E-state index >= 15 is 0 Å². The predicted octanol–water partition coefficient (Wildman–Crippen LogP) is 2.71. The summed E-state index contributed by atoms with van der Waals surface area (Å²) in [6.07, 6.45) is 6.63. The molecule has 19 heavy (non-hydrogen) atoms. The highest BCUT2D eigenvalue weighted by Crippen LogP contribution is 2.23. The maximum absolute atomic E-state index is 4.61. The molecule has 1 aromatic heterocycles. The summed E-state index contributed by atoms with van der Waals surface area (Å²) in [5.41, 5.74) is 0. The molecule has 0 aliphatic carbocycles. The van der Waals surface area contributed by atoms with Crippen LogP contribution in [0.5, 0.6) is 0 Å². The molecule has 0 saturated carbocycles. The summed E-state index contributed by atoms with van der Waals surface area (Å²) in [4.78, 5) is 6.92. The molecule has 1 N–H and O–H groups in total. The molecule has 106 valence electrons. The van der Waals surface area contributed by atoms with Gasteiger partial charge in [-0.2, -0.15) is 10.1 Å². The van der Waals surface area contributed by atoms with Crippen LogP contribution < -0.4 is 10.2 Å². The van der Waals surface area contributed by atoms with Crippen LogP contribution in [0.1, 0.15) is 46.5 Å². The molecule has 1 aliphatic heterocycles. The molecular formula is C14H25N5. The number of hydrogen-bond acceptors (Lipinski definition) is 5. The third kappa shape index (κ3) is 3.78. The van der Waals surface area contributed by atoms with Crippen molar-refractivity contribution in [2.75, 3.05) is 23.3 Å². The maximum atomic E-state index is 4.61. The molecule has 1 aliphatic rings. The summed E-state index contributed by atoms with van der Waals surface area (Å²) in [5, 5.41) is 11.6. The zero-order valence-electron chi connectivity index (χ0n) is 12.3. The lowest BCUT2D eigenvalue weighted by molar-refractivity contribution is 0.441. The Hall–Kier alpha value is -1.39. The second-order valence-electron chi connectivity index (χ2n) is 5.67. The second kappa shape index (κ2) is 6.68. The molecule has 1 saturated heterocycles. The van der Waals surface area contributed by atoms with E-state index in [-0.39, 0.29) is 0 Å². The minimum atomic E-state index is 0.566. The number of anilines is 2. The van der Waals surface area contributed by atoms with Crippen LogP contribution in [0.15, 0.2) is 6.20 Å². The molecule has 0 radical (unpaired) electrons. The minimum absolute atomic E-state index is 0.566. The molecule has 5 nitrogen and oxygen atoms in total. The van der Waals surface area contributed by atoms with E-state index in [2.05, 4.69) is 46.2 Å². The van der Waals surface area contributed by atoms with Gasteiger partial charge in [-0.1, -0.05) is 20.8 Å². The molecule has 1 fully saturated rings. The number of nitrogens with zero attached hydrogens (tertiary/aromatic N) is 4. The van der Waals surface area contributed by atoms with Crippen molar-refractivity contribution < 1.29 is 0 Å². The SMILES string of the molecule is CCC1CCCCN1c1nncc(NCC(C)C)n1. The van der Waals surface area contributed by atoms with Gasteiger partial charge in [-0.15, -0.1) is 5.10 Å². The third-order valence-corrected chi connectivity index (χ3v) is 3.59. The number of nitrogens with one attached hydrogen (secondary N) is 1. The zero-order valence-corrected chi connectivity index (χ0v) is 12.3. The summed E-state index contributed by atoms with van der Waals surface area (Å²) in [6, 6.07) is 0.566. The number of piperidine rings is 1. The molecule has 1 atom stereocenters. The molecular weight excluding hydrogens is 238 g/mol. The first kappa shape index (κ1) is 14.0. The number of aromatic nitrogens is 3. The van der Waals surface area contributed by atoms with E-state index in [9.17, 15) is 0 Å². The van der Waals surface area contributed by atoms with Gasteiger partial charge >= 0.3 is 0 Å². The Morgan fingerprint density at radius 1 is 1.42 bits per heavy atom. The molecule has 2 heterocycles. The normalized spacial score (nSPS) is 19.8. The van der Waals surface area contributed by atoms with Crippen LogP contribution in [-0.4, -0.2) is 34.3 Å². The van der Waals surface area contributed by atoms with E-state index < -0.39 is 0 Å². The van der Waals surface area contributed by atoms with Gasteiger partial charge in [-0.3, -0.25) is 0 Å². The van der Waals surface area contributed by atoms with Crippen molar-refractivity contribution in [3.8, 4) is 0 Å². The van der Waals surface area contributed by atoms with Gasteiger partial charge in [-0.25, -0.2) is 0 Å². The number of hydrogen-bond donors (Lipinski definition) is 1. The Bertz CT molecular complexity index is 393. The van der Waals surface area contributed by atoms with Gasteiger partial charge in [-0.05, 0) is 31.6 Å². The van der Waals surface area contributed by atoms with Gasteiger partial charge in [0.05, 0.1) is 6.20 Å². The fourth-order valence-electron chi connectivity index (χ4n) is 2.50. The third-order valence-electron chi connectivity index (χ3n) is 3.59. The van der Waals surface area contributed by atoms with Crippen LogP contribution in [-0.2, 0) is 0 Å². The lowest BCUT2D eigenvalue weighted by atomic mass is 10.0. The first-order chi connectivity index (χ1) is 9.20. The molecule has 1 unspecified atom stereocenters. The molecule has 1 aromatic rings. The molecule has 0 bridgehead atoms. The van der Waals surface area contributed by atoms with Crippen LogP contribution >= 0.6 is 0 Å². The minimum Gasteiger partial charge on any atom is -0.368 e. The van der Waals surface area contributed by atoms with Gasteiger partial charge in [0.15, 0.2) is 5.82 Å². The van der Waals surface area contributed by atoms with Crippen LogP contribution in [0, 0.1) is 5.92 Å². The summed E-state index contributed by atoms with van der Waals surface area (Å²) in [5.74, 6) is 2.20. The Balaban J connectivity index is 2.08. The van der Waals surface area contributed by atoms with Crippen molar-refractivity contribution in [2.24, 2.45) is 5.92 Å². The van der Waals surface area contributed by atoms with Crippen LogP contribution in [0.25, 0.3) is 0 Å². The maximum Gasteiger partial charge on any atom is 0.247 e. The summed E-state index contributed by atoms with van der Waals surface area (Å²) in [6.45, 7) is 8.56. The second-order valence-corrected chi connectivity index (χ2v) is 5.67. The highest BCUT2D eigenvalue weighted by molar-refractivity contribution is 5.40. The molecule has 0 amide bonds. The van der Waals surface area contributed by atoms with E-state index in [1.807, 2.05) is 0 Å². The van der Waals surface area contributed by atoms with Crippen LogP contribution in [0.2, 0.25) is 0 Å². The van der Waals surface area contributed by atoms with Gasteiger partial charge in [0.1, 0.15) is 0 Å². The van der Waals surface area contributed by atoms with Gasteiger partial charge in [0.25, 0.3) is 0 Å². The standard InChI is InChI=1S/C14H25N5/c1-4-12-7-5-6-8-19(12)14-17-13(10-16-18-14)15-9-11(2)3/h10-12H,4-9H2,1-3H3,(H,15,17,18). The van der Waals surface area contributed by atoms with E-state index in [0.717, 1.165) is 31.3 Å². The first-order valence-electron chi connectivity index (χ1n) is 7.41. The topological polar surface area (TPSA) is 53.9 Å². The smallest absolute Gasteiger partial charge is 0.247 e. The van der Waals surface area contributed by atoms with Gasteiger partial charge in [0, 0.05) is 19.1 Å². The highest BCUT2D eigenvalue weighted by Gasteiger charge is 2.23. The molecule has 0 spiro atoms. The summed E-state index contributed by atoms with van der Waals surface area (Å²) < 4.78 is 0. The Morgan fingerprint density at radius 3 is 3.00 bits per heavy atom. The molecule has 2 rings (SSSR count). The van der Waals surface area contributed by atoms with Crippen molar-refractivity contribution >= 4 is 11.8 Å². The monoisotopic (exact) mass is 263 g/mol.